The zero-order chi connectivity index (χ0) is 14.7. The standard InChI is InChI=1S/C17H19ClO2/c1-11-5-4-6-12(2)15(11)10-20-17-8-7-14(13(3)19)9-16(17)18/h4-9,13,19H,10H2,1-3H3. The summed E-state index contributed by atoms with van der Waals surface area (Å²) < 4.78 is 5.81. The SMILES string of the molecule is Cc1cccc(C)c1COc1ccc(C(C)O)cc1Cl. The first-order chi connectivity index (χ1) is 9.49. The van der Waals surface area contributed by atoms with Gasteiger partial charge in [0.25, 0.3) is 0 Å². The summed E-state index contributed by atoms with van der Waals surface area (Å²) in [5.74, 6) is 0.638. The van der Waals surface area contributed by atoms with Crippen LogP contribution in [0.2, 0.25) is 5.02 Å². The first-order valence-corrected chi connectivity index (χ1v) is 7.02. The summed E-state index contributed by atoms with van der Waals surface area (Å²) in [7, 11) is 0. The third-order valence-corrected chi connectivity index (χ3v) is 3.75. The highest BCUT2D eigenvalue weighted by Gasteiger charge is 2.08. The van der Waals surface area contributed by atoms with Gasteiger partial charge in [0.05, 0.1) is 11.1 Å². The first-order valence-electron chi connectivity index (χ1n) is 6.64. The molecule has 0 radical (unpaired) electrons. The van der Waals surface area contributed by atoms with Gasteiger partial charge in [-0.1, -0.05) is 35.9 Å². The molecule has 0 spiro atoms. The summed E-state index contributed by atoms with van der Waals surface area (Å²) in [6.07, 6.45) is -0.528. The summed E-state index contributed by atoms with van der Waals surface area (Å²) in [5.41, 5.74) is 4.39. The maximum Gasteiger partial charge on any atom is 0.138 e. The number of benzene rings is 2. The fraction of sp³-hybridized carbons (Fsp3) is 0.294. The minimum atomic E-state index is -0.528. The van der Waals surface area contributed by atoms with Crippen LogP contribution in [0.3, 0.4) is 0 Å². The van der Waals surface area contributed by atoms with Gasteiger partial charge < -0.3 is 9.84 Å². The topological polar surface area (TPSA) is 29.5 Å². The van der Waals surface area contributed by atoms with Gasteiger partial charge in [0, 0.05) is 0 Å². The molecule has 20 heavy (non-hydrogen) atoms. The highest BCUT2D eigenvalue weighted by atomic mass is 35.5. The van der Waals surface area contributed by atoms with Crippen LogP contribution in [0.1, 0.15) is 35.3 Å². The number of ether oxygens (including phenoxy) is 1. The van der Waals surface area contributed by atoms with E-state index in [1.54, 1.807) is 19.1 Å². The van der Waals surface area contributed by atoms with E-state index in [1.807, 2.05) is 12.1 Å². The highest BCUT2D eigenvalue weighted by Crippen LogP contribution is 2.29. The number of aliphatic hydroxyl groups is 1. The molecule has 2 rings (SSSR count). The smallest absolute Gasteiger partial charge is 0.138 e. The van der Waals surface area contributed by atoms with Crippen molar-refractivity contribution in [2.75, 3.05) is 0 Å². The summed E-state index contributed by atoms with van der Waals surface area (Å²) in [4.78, 5) is 0. The number of rotatable bonds is 4. The molecule has 0 aromatic heterocycles. The molecular formula is C17H19ClO2. The zero-order valence-electron chi connectivity index (χ0n) is 12.0. The van der Waals surface area contributed by atoms with E-state index in [0.717, 1.165) is 5.56 Å². The summed E-state index contributed by atoms with van der Waals surface area (Å²) in [5, 5.41) is 10.0. The van der Waals surface area contributed by atoms with Crippen molar-refractivity contribution in [1.29, 1.82) is 0 Å². The van der Waals surface area contributed by atoms with Gasteiger partial charge in [0.15, 0.2) is 0 Å². The van der Waals surface area contributed by atoms with Crippen molar-refractivity contribution < 1.29 is 9.84 Å². The molecule has 2 aromatic rings. The molecule has 0 bridgehead atoms. The fourth-order valence-corrected chi connectivity index (χ4v) is 2.36. The van der Waals surface area contributed by atoms with Crippen molar-refractivity contribution in [2.45, 2.75) is 33.5 Å². The predicted octanol–water partition coefficient (Wildman–Crippen LogP) is 4.59. The molecule has 1 unspecified atom stereocenters. The molecule has 3 heteroatoms. The van der Waals surface area contributed by atoms with Gasteiger partial charge in [0.2, 0.25) is 0 Å². The number of hydrogen-bond donors (Lipinski definition) is 1. The molecule has 106 valence electrons. The van der Waals surface area contributed by atoms with Crippen LogP contribution in [0, 0.1) is 13.8 Å². The minimum absolute atomic E-state index is 0.492. The third-order valence-electron chi connectivity index (χ3n) is 3.45. The van der Waals surface area contributed by atoms with Crippen molar-refractivity contribution in [3.05, 3.63) is 63.7 Å². The predicted molar refractivity (Wildman–Crippen MR) is 82.3 cm³/mol. The molecule has 0 aliphatic heterocycles. The Morgan fingerprint density at radius 2 is 1.80 bits per heavy atom. The van der Waals surface area contributed by atoms with Crippen LogP contribution >= 0.6 is 11.6 Å². The second-order valence-corrected chi connectivity index (χ2v) is 5.43. The lowest BCUT2D eigenvalue weighted by molar-refractivity contribution is 0.199. The van der Waals surface area contributed by atoms with Gasteiger partial charge in [-0.2, -0.15) is 0 Å². The average Bonchev–Trinajstić information content (AvgIpc) is 2.39. The Labute approximate surface area is 125 Å². The lowest BCUT2D eigenvalue weighted by Crippen LogP contribution is -2.01. The van der Waals surface area contributed by atoms with Crippen LogP contribution < -0.4 is 4.74 Å². The molecule has 0 aliphatic rings. The lowest BCUT2D eigenvalue weighted by atomic mass is 10.0. The van der Waals surface area contributed by atoms with E-state index in [-0.39, 0.29) is 0 Å². The van der Waals surface area contributed by atoms with E-state index in [0.29, 0.717) is 17.4 Å². The van der Waals surface area contributed by atoms with Crippen molar-refractivity contribution in [3.63, 3.8) is 0 Å². The Morgan fingerprint density at radius 3 is 2.35 bits per heavy atom. The second-order valence-electron chi connectivity index (χ2n) is 5.02. The van der Waals surface area contributed by atoms with Crippen LogP contribution in [-0.4, -0.2) is 5.11 Å². The van der Waals surface area contributed by atoms with E-state index in [4.69, 9.17) is 16.3 Å². The van der Waals surface area contributed by atoms with Crippen LogP contribution in [0.4, 0.5) is 0 Å². The lowest BCUT2D eigenvalue weighted by Gasteiger charge is -2.13. The molecule has 1 atom stereocenters. The molecular weight excluding hydrogens is 272 g/mol. The summed E-state index contributed by atoms with van der Waals surface area (Å²) >= 11 is 6.18. The Bertz CT molecular complexity index is 586. The quantitative estimate of drug-likeness (QED) is 0.892. The van der Waals surface area contributed by atoms with Crippen LogP contribution in [0.15, 0.2) is 36.4 Å². The maximum atomic E-state index is 9.52. The average molecular weight is 291 g/mol. The van der Waals surface area contributed by atoms with Crippen LogP contribution in [0.5, 0.6) is 5.75 Å². The van der Waals surface area contributed by atoms with Gasteiger partial charge in [-0.25, -0.2) is 0 Å². The highest BCUT2D eigenvalue weighted by molar-refractivity contribution is 6.32. The van der Waals surface area contributed by atoms with Crippen molar-refractivity contribution in [2.24, 2.45) is 0 Å². The number of aryl methyl sites for hydroxylation is 2. The van der Waals surface area contributed by atoms with Crippen molar-refractivity contribution in [3.8, 4) is 5.75 Å². The molecule has 2 aromatic carbocycles. The molecule has 0 fully saturated rings. The van der Waals surface area contributed by atoms with Gasteiger partial charge >= 0.3 is 0 Å². The monoisotopic (exact) mass is 290 g/mol. The maximum absolute atomic E-state index is 9.52. The molecule has 0 saturated carbocycles. The Kier molecular flexibility index (Phi) is 4.69. The fourth-order valence-electron chi connectivity index (χ4n) is 2.12. The summed E-state index contributed by atoms with van der Waals surface area (Å²) in [6, 6.07) is 11.6. The largest absolute Gasteiger partial charge is 0.487 e. The minimum Gasteiger partial charge on any atom is -0.487 e. The Hall–Kier alpha value is -1.51. The number of hydrogen-bond acceptors (Lipinski definition) is 2. The summed E-state index contributed by atoms with van der Waals surface area (Å²) in [6.45, 7) is 6.35. The third kappa shape index (κ3) is 3.33. The Balaban J connectivity index is 2.15. The van der Waals surface area contributed by atoms with Crippen molar-refractivity contribution in [1.82, 2.24) is 0 Å². The van der Waals surface area contributed by atoms with Gasteiger partial charge in [0.1, 0.15) is 12.4 Å². The molecule has 2 nitrogen and oxygen atoms in total. The zero-order valence-corrected chi connectivity index (χ0v) is 12.7. The molecule has 0 amide bonds. The molecule has 0 aliphatic carbocycles. The van der Waals surface area contributed by atoms with Gasteiger partial charge in [-0.05, 0) is 55.2 Å². The normalized spacial score (nSPS) is 12.2. The van der Waals surface area contributed by atoms with E-state index in [9.17, 15) is 5.11 Å². The van der Waals surface area contributed by atoms with E-state index < -0.39 is 6.10 Å². The second kappa shape index (κ2) is 6.29. The van der Waals surface area contributed by atoms with Crippen molar-refractivity contribution >= 4 is 11.6 Å². The van der Waals surface area contributed by atoms with Crippen LogP contribution in [0.25, 0.3) is 0 Å². The molecule has 0 saturated heterocycles. The number of halogens is 1. The first kappa shape index (κ1) is 14.9. The number of aliphatic hydroxyl groups excluding tert-OH is 1. The van der Waals surface area contributed by atoms with Gasteiger partial charge in [-0.15, -0.1) is 0 Å². The van der Waals surface area contributed by atoms with Crippen LogP contribution in [-0.2, 0) is 6.61 Å². The van der Waals surface area contributed by atoms with E-state index in [2.05, 4.69) is 26.0 Å². The van der Waals surface area contributed by atoms with Gasteiger partial charge in [-0.3, -0.25) is 0 Å². The van der Waals surface area contributed by atoms with E-state index in [1.165, 1.54) is 16.7 Å². The molecule has 0 heterocycles. The van der Waals surface area contributed by atoms with E-state index >= 15 is 0 Å². The molecule has 1 N–H and O–H groups in total. The Morgan fingerprint density at radius 1 is 1.15 bits per heavy atom.